The van der Waals surface area contributed by atoms with Crippen molar-refractivity contribution in [2.75, 3.05) is 32.9 Å². The number of esters is 1. The predicted octanol–water partition coefficient (Wildman–Crippen LogP) is 4.03. The van der Waals surface area contributed by atoms with E-state index in [0.29, 0.717) is 32.6 Å². The Morgan fingerprint density at radius 1 is 1.16 bits per heavy atom. The van der Waals surface area contributed by atoms with Crippen molar-refractivity contribution in [1.29, 1.82) is 0 Å². The number of carbonyl (C=O) groups is 1. The molecular formula is C27H33NO4. The fourth-order valence-electron chi connectivity index (χ4n) is 4.17. The number of likely N-dealkylation sites (tertiary alicyclic amines) is 1. The van der Waals surface area contributed by atoms with E-state index >= 15 is 0 Å². The first-order valence-corrected chi connectivity index (χ1v) is 11.4. The highest BCUT2D eigenvalue weighted by Crippen LogP contribution is 2.36. The van der Waals surface area contributed by atoms with Gasteiger partial charge in [0, 0.05) is 25.1 Å². The van der Waals surface area contributed by atoms with Gasteiger partial charge in [0.2, 0.25) is 0 Å². The van der Waals surface area contributed by atoms with Crippen LogP contribution in [0.15, 0.2) is 54.6 Å². The number of rotatable bonds is 9. The zero-order valence-electron chi connectivity index (χ0n) is 18.9. The number of benzene rings is 2. The van der Waals surface area contributed by atoms with Crippen LogP contribution in [0.2, 0.25) is 0 Å². The van der Waals surface area contributed by atoms with E-state index in [-0.39, 0.29) is 12.6 Å². The van der Waals surface area contributed by atoms with Crippen molar-refractivity contribution in [3.05, 3.63) is 65.7 Å². The summed E-state index contributed by atoms with van der Waals surface area (Å²) in [7, 11) is 0. The van der Waals surface area contributed by atoms with Gasteiger partial charge in [0.15, 0.2) is 0 Å². The molecule has 5 nitrogen and oxygen atoms in total. The van der Waals surface area contributed by atoms with Crippen molar-refractivity contribution in [3.63, 3.8) is 0 Å². The lowest BCUT2D eigenvalue weighted by atomic mass is 9.77. The fraction of sp³-hybridized carbons (Fsp3) is 0.444. The molecule has 170 valence electrons. The maximum absolute atomic E-state index is 13.0. The molecule has 0 spiro atoms. The summed E-state index contributed by atoms with van der Waals surface area (Å²) < 4.78 is 11.4. The van der Waals surface area contributed by atoms with Crippen molar-refractivity contribution in [1.82, 2.24) is 4.90 Å². The predicted molar refractivity (Wildman–Crippen MR) is 125 cm³/mol. The number of piperidine rings is 1. The summed E-state index contributed by atoms with van der Waals surface area (Å²) >= 11 is 0. The van der Waals surface area contributed by atoms with Crippen LogP contribution in [0.5, 0.6) is 5.75 Å². The molecule has 1 heterocycles. The summed E-state index contributed by atoms with van der Waals surface area (Å²) in [5.41, 5.74) is 1.59. The Morgan fingerprint density at radius 3 is 2.66 bits per heavy atom. The molecule has 0 radical (unpaired) electrons. The smallest absolute Gasteiger partial charge is 0.313 e. The van der Waals surface area contributed by atoms with Crippen LogP contribution in [0, 0.1) is 17.3 Å². The highest BCUT2D eigenvalue weighted by molar-refractivity contribution is 5.77. The average Bonchev–Trinajstić information content (AvgIpc) is 2.81. The first-order chi connectivity index (χ1) is 15.6. The summed E-state index contributed by atoms with van der Waals surface area (Å²) in [5.74, 6) is 6.71. The minimum Gasteiger partial charge on any atom is -0.494 e. The van der Waals surface area contributed by atoms with Gasteiger partial charge in [-0.15, -0.1) is 0 Å². The number of carbonyl (C=O) groups excluding carboxylic acids is 1. The molecule has 32 heavy (non-hydrogen) atoms. The van der Waals surface area contributed by atoms with Crippen LogP contribution in [-0.4, -0.2) is 48.9 Å². The molecule has 3 rings (SSSR count). The van der Waals surface area contributed by atoms with E-state index in [0.717, 1.165) is 37.2 Å². The Labute approximate surface area is 191 Å². The molecule has 0 aromatic heterocycles. The van der Waals surface area contributed by atoms with Gasteiger partial charge in [-0.1, -0.05) is 42.2 Å². The van der Waals surface area contributed by atoms with Crippen molar-refractivity contribution in [3.8, 4) is 17.6 Å². The molecule has 1 saturated heterocycles. The molecule has 1 fully saturated rings. The van der Waals surface area contributed by atoms with E-state index in [1.165, 1.54) is 5.56 Å². The third kappa shape index (κ3) is 6.85. The quantitative estimate of drug-likeness (QED) is 0.476. The van der Waals surface area contributed by atoms with E-state index in [9.17, 15) is 4.79 Å². The van der Waals surface area contributed by atoms with Gasteiger partial charge >= 0.3 is 5.97 Å². The van der Waals surface area contributed by atoms with Crippen molar-refractivity contribution in [2.45, 2.75) is 39.2 Å². The fourth-order valence-corrected chi connectivity index (χ4v) is 4.17. The zero-order chi connectivity index (χ0) is 22.7. The Morgan fingerprint density at radius 2 is 1.94 bits per heavy atom. The normalized spacial score (nSPS) is 18.4. The molecule has 0 aliphatic carbocycles. The molecule has 0 unspecified atom stereocenters. The second kappa shape index (κ2) is 12.3. The lowest BCUT2D eigenvalue weighted by molar-refractivity contribution is -0.160. The molecule has 1 aliphatic rings. The second-order valence-corrected chi connectivity index (χ2v) is 8.20. The maximum Gasteiger partial charge on any atom is 0.313 e. The van der Waals surface area contributed by atoms with Crippen LogP contribution < -0.4 is 4.74 Å². The van der Waals surface area contributed by atoms with E-state index in [1.807, 2.05) is 49.4 Å². The number of hydrogen-bond donors (Lipinski definition) is 1. The Balaban J connectivity index is 1.64. The third-order valence-corrected chi connectivity index (χ3v) is 5.79. The van der Waals surface area contributed by atoms with Crippen molar-refractivity contribution >= 4 is 5.97 Å². The van der Waals surface area contributed by atoms with Crippen LogP contribution in [0.4, 0.5) is 0 Å². The summed E-state index contributed by atoms with van der Waals surface area (Å²) in [5, 5.41) is 8.85. The molecule has 1 N–H and O–H groups in total. The Bertz CT molecular complexity index is 901. The number of aliphatic hydroxyl groups is 1. The van der Waals surface area contributed by atoms with Gasteiger partial charge in [-0.2, -0.15) is 0 Å². The molecule has 0 amide bonds. The van der Waals surface area contributed by atoms with Gasteiger partial charge in [-0.05, 0) is 62.6 Å². The highest BCUT2D eigenvalue weighted by atomic mass is 16.5. The molecule has 5 heteroatoms. The molecular weight excluding hydrogens is 402 g/mol. The van der Waals surface area contributed by atoms with E-state index in [4.69, 9.17) is 14.6 Å². The highest BCUT2D eigenvalue weighted by Gasteiger charge is 2.43. The van der Waals surface area contributed by atoms with E-state index in [1.54, 1.807) is 0 Å². The SMILES string of the molecule is CCOC(=O)[C@]1(CCOc2ccccc2)CCCN(Cc2ccc(C#CCCO)cc2)C1. The van der Waals surface area contributed by atoms with Gasteiger partial charge < -0.3 is 14.6 Å². The first-order valence-electron chi connectivity index (χ1n) is 11.4. The number of para-hydroxylation sites is 1. The second-order valence-electron chi connectivity index (χ2n) is 8.20. The number of nitrogens with zero attached hydrogens (tertiary/aromatic N) is 1. The lowest BCUT2D eigenvalue weighted by Crippen LogP contribution is -2.49. The van der Waals surface area contributed by atoms with Gasteiger partial charge in [0.25, 0.3) is 0 Å². The molecule has 1 aliphatic heterocycles. The third-order valence-electron chi connectivity index (χ3n) is 5.79. The molecule has 2 aromatic rings. The zero-order valence-corrected chi connectivity index (χ0v) is 18.9. The number of hydrogen-bond acceptors (Lipinski definition) is 5. The average molecular weight is 436 g/mol. The van der Waals surface area contributed by atoms with Gasteiger partial charge in [0.05, 0.1) is 25.2 Å². The maximum atomic E-state index is 13.0. The van der Waals surface area contributed by atoms with E-state index in [2.05, 4.69) is 28.9 Å². The topological polar surface area (TPSA) is 59.0 Å². The number of aliphatic hydroxyl groups excluding tert-OH is 1. The van der Waals surface area contributed by atoms with Gasteiger partial charge in [-0.25, -0.2) is 0 Å². The summed E-state index contributed by atoms with van der Waals surface area (Å²) in [4.78, 5) is 15.3. The van der Waals surface area contributed by atoms with Crippen LogP contribution in [-0.2, 0) is 16.1 Å². The molecule has 2 aromatic carbocycles. The lowest BCUT2D eigenvalue weighted by Gasteiger charge is -2.41. The minimum atomic E-state index is -0.543. The number of ether oxygens (including phenoxy) is 2. The minimum absolute atomic E-state index is 0.0820. The molecule has 1 atom stereocenters. The monoisotopic (exact) mass is 435 g/mol. The molecule has 0 bridgehead atoms. The van der Waals surface area contributed by atoms with Gasteiger partial charge in [0.1, 0.15) is 5.75 Å². The van der Waals surface area contributed by atoms with Crippen LogP contribution >= 0.6 is 0 Å². The van der Waals surface area contributed by atoms with Crippen LogP contribution in [0.25, 0.3) is 0 Å². The van der Waals surface area contributed by atoms with Crippen LogP contribution in [0.3, 0.4) is 0 Å². The summed E-state index contributed by atoms with van der Waals surface area (Å²) in [6, 6.07) is 17.9. The van der Waals surface area contributed by atoms with Crippen molar-refractivity contribution in [2.24, 2.45) is 5.41 Å². The van der Waals surface area contributed by atoms with Crippen LogP contribution in [0.1, 0.15) is 43.7 Å². The first kappa shape index (κ1) is 23.8. The Hall–Kier alpha value is -2.81. The largest absolute Gasteiger partial charge is 0.494 e. The standard InChI is InChI=1S/C27H33NO4/c1-2-31-26(30)27(17-20-32-25-10-4-3-5-11-25)16-8-18-28(22-27)21-24-14-12-23(13-15-24)9-6-7-19-29/h3-5,10-15,29H,2,7-8,16-22H2,1H3/t27-/m0/s1. The van der Waals surface area contributed by atoms with E-state index < -0.39 is 5.41 Å². The summed E-state index contributed by atoms with van der Waals surface area (Å²) in [6.45, 7) is 5.22. The summed E-state index contributed by atoms with van der Waals surface area (Å²) in [6.07, 6.45) is 2.89. The Kier molecular flexibility index (Phi) is 9.15. The van der Waals surface area contributed by atoms with Gasteiger partial charge in [-0.3, -0.25) is 9.69 Å². The van der Waals surface area contributed by atoms with Crippen molar-refractivity contribution < 1.29 is 19.4 Å². The molecule has 0 saturated carbocycles.